The molecule has 2 aromatic carbocycles. The molecule has 0 saturated carbocycles. The topological polar surface area (TPSA) is 30.0 Å². The Morgan fingerprint density at radius 2 is 1.81 bits per heavy atom. The van der Waals surface area contributed by atoms with Crippen molar-refractivity contribution in [2.45, 2.75) is 51.2 Å². The maximum Gasteiger partial charge on any atom is 0.133 e. The van der Waals surface area contributed by atoms with E-state index in [4.69, 9.17) is 0 Å². The molecule has 0 radical (unpaired) electrons. The standard InChI is InChI=1S/C30H38F3N3O/c1-4-11-34-12-5-9-30(10-14-34)19-36(20-30)22-16-25(31)27(26(32)17-22)28-24-7-6-23(37)15-21(24)8-13-35(28)18-29(2,3)33/h4,6-7,15-17,28,37H,1,5,8-14,18-20H2,2-3H3. The summed E-state index contributed by atoms with van der Waals surface area (Å²) >= 11 is 0. The Morgan fingerprint density at radius 3 is 2.49 bits per heavy atom. The molecule has 0 amide bonds. The van der Waals surface area contributed by atoms with Gasteiger partial charge < -0.3 is 10.0 Å². The van der Waals surface area contributed by atoms with Crippen LogP contribution >= 0.6 is 0 Å². The van der Waals surface area contributed by atoms with Crippen LogP contribution in [-0.4, -0.2) is 66.4 Å². The number of hydrogen-bond acceptors (Lipinski definition) is 4. The lowest BCUT2D eigenvalue weighted by Crippen LogP contribution is -2.56. The summed E-state index contributed by atoms with van der Waals surface area (Å²) in [6.45, 7) is 11.9. The molecule has 1 spiro atoms. The SMILES string of the molecule is C=CCN1CCCC2(CC1)CN(c1cc(F)c(C3c4ccc(O)cc4CCN3CC(C)(C)F)c(F)c1)C2. The van der Waals surface area contributed by atoms with E-state index in [9.17, 15) is 9.50 Å². The molecular formula is C30H38F3N3O. The Balaban J connectivity index is 1.40. The van der Waals surface area contributed by atoms with Gasteiger partial charge in [-0.05, 0) is 88.0 Å². The number of rotatable bonds is 6. The smallest absolute Gasteiger partial charge is 0.133 e. The molecule has 0 aromatic heterocycles. The first-order valence-corrected chi connectivity index (χ1v) is 13.4. The molecule has 4 nitrogen and oxygen atoms in total. The van der Waals surface area contributed by atoms with Crippen LogP contribution in [0.15, 0.2) is 43.0 Å². The fourth-order valence-electron chi connectivity index (χ4n) is 6.61. The minimum Gasteiger partial charge on any atom is -0.508 e. The van der Waals surface area contributed by atoms with Crippen LogP contribution in [0.25, 0.3) is 0 Å². The number of alkyl halides is 1. The summed E-state index contributed by atoms with van der Waals surface area (Å²) < 4.78 is 46.3. The van der Waals surface area contributed by atoms with Crippen molar-refractivity contribution in [3.8, 4) is 5.75 Å². The molecule has 2 aromatic rings. The van der Waals surface area contributed by atoms with Crippen molar-refractivity contribution >= 4 is 5.69 Å². The monoisotopic (exact) mass is 513 g/mol. The lowest BCUT2D eigenvalue weighted by atomic mass is 9.73. The highest BCUT2D eigenvalue weighted by Crippen LogP contribution is 2.45. The molecule has 3 aliphatic heterocycles. The van der Waals surface area contributed by atoms with Crippen molar-refractivity contribution < 1.29 is 18.3 Å². The third kappa shape index (κ3) is 5.39. The Hall–Kier alpha value is -2.51. The van der Waals surface area contributed by atoms with Crippen molar-refractivity contribution in [1.82, 2.24) is 9.80 Å². The fraction of sp³-hybridized carbons (Fsp3) is 0.533. The molecule has 3 heterocycles. The Kier molecular flexibility index (Phi) is 7.05. The van der Waals surface area contributed by atoms with Crippen LogP contribution < -0.4 is 4.90 Å². The van der Waals surface area contributed by atoms with Crippen LogP contribution in [0.3, 0.4) is 0 Å². The highest BCUT2D eigenvalue weighted by molar-refractivity contribution is 5.54. The molecule has 1 atom stereocenters. The minimum atomic E-state index is -1.52. The first-order chi connectivity index (χ1) is 17.6. The van der Waals surface area contributed by atoms with Crippen LogP contribution in [0.1, 0.15) is 55.8 Å². The maximum atomic E-state index is 15.8. The molecule has 2 saturated heterocycles. The molecule has 0 bridgehead atoms. The van der Waals surface area contributed by atoms with E-state index in [0.29, 0.717) is 24.2 Å². The van der Waals surface area contributed by atoms with Gasteiger partial charge in [0, 0.05) is 49.4 Å². The number of halogens is 3. The summed E-state index contributed by atoms with van der Waals surface area (Å²) in [5, 5.41) is 9.97. The first kappa shape index (κ1) is 26.1. The molecule has 2 fully saturated rings. The molecule has 37 heavy (non-hydrogen) atoms. The Morgan fingerprint density at radius 1 is 1.08 bits per heavy atom. The lowest BCUT2D eigenvalue weighted by molar-refractivity contribution is 0.0972. The molecular weight excluding hydrogens is 475 g/mol. The third-order valence-corrected chi connectivity index (χ3v) is 8.32. The first-order valence-electron chi connectivity index (χ1n) is 13.4. The summed E-state index contributed by atoms with van der Waals surface area (Å²) in [6.07, 6.45) is 5.86. The quantitative estimate of drug-likeness (QED) is 0.492. The zero-order valence-corrected chi connectivity index (χ0v) is 21.9. The van der Waals surface area contributed by atoms with E-state index in [2.05, 4.69) is 16.4 Å². The van der Waals surface area contributed by atoms with E-state index in [-0.39, 0.29) is 23.3 Å². The summed E-state index contributed by atoms with van der Waals surface area (Å²) in [6, 6.07) is 7.02. The van der Waals surface area contributed by atoms with Gasteiger partial charge in [-0.15, -0.1) is 6.58 Å². The lowest BCUT2D eigenvalue weighted by Gasteiger charge is -2.51. The van der Waals surface area contributed by atoms with Gasteiger partial charge >= 0.3 is 0 Å². The number of likely N-dealkylation sites (tertiary alicyclic amines) is 1. The maximum absolute atomic E-state index is 15.8. The van der Waals surface area contributed by atoms with Crippen LogP contribution in [0.2, 0.25) is 0 Å². The van der Waals surface area contributed by atoms with E-state index in [1.165, 1.54) is 32.0 Å². The predicted octanol–water partition coefficient (Wildman–Crippen LogP) is 5.84. The average Bonchev–Trinajstić information content (AvgIpc) is 3.01. The third-order valence-electron chi connectivity index (χ3n) is 8.32. The fourth-order valence-corrected chi connectivity index (χ4v) is 6.61. The second kappa shape index (κ2) is 9.99. The summed E-state index contributed by atoms with van der Waals surface area (Å²) in [4.78, 5) is 6.32. The van der Waals surface area contributed by atoms with Crippen molar-refractivity contribution in [1.29, 1.82) is 0 Å². The number of fused-ring (bicyclic) bond motifs is 1. The molecule has 7 heteroatoms. The number of hydrogen-bond donors (Lipinski definition) is 1. The van der Waals surface area contributed by atoms with Gasteiger partial charge in [-0.3, -0.25) is 9.80 Å². The molecule has 1 unspecified atom stereocenters. The number of aromatic hydroxyl groups is 1. The van der Waals surface area contributed by atoms with Gasteiger partial charge in [0.1, 0.15) is 23.1 Å². The van der Waals surface area contributed by atoms with E-state index < -0.39 is 23.3 Å². The average molecular weight is 514 g/mol. The number of benzene rings is 2. The van der Waals surface area contributed by atoms with Gasteiger partial charge in [0.15, 0.2) is 0 Å². The minimum absolute atomic E-state index is 0.0515. The highest BCUT2D eigenvalue weighted by Gasteiger charge is 2.44. The molecule has 1 N–H and O–H groups in total. The van der Waals surface area contributed by atoms with E-state index in [0.717, 1.165) is 57.5 Å². The van der Waals surface area contributed by atoms with Crippen molar-refractivity contribution in [3.63, 3.8) is 0 Å². The van der Waals surface area contributed by atoms with Crippen LogP contribution in [0, 0.1) is 17.0 Å². The molecule has 3 aliphatic rings. The second-order valence-corrected chi connectivity index (χ2v) is 11.8. The number of anilines is 1. The summed E-state index contributed by atoms with van der Waals surface area (Å²) in [7, 11) is 0. The van der Waals surface area contributed by atoms with Crippen molar-refractivity contribution in [3.05, 3.63) is 71.3 Å². The molecule has 0 aliphatic carbocycles. The van der Waals surface area contributed by atoms with Crippen molar-refractivity contribution in [2.75, 3.05) is 50.7 Å². The molecule has 200 valence electrons. The van der Waals surface area contributed by atoms with Crippen molar-refractivity contribution in [2.24, 2.45) is 5.41 Å². The highest BCUT2D eigenvalue weighted by atomic mass is 19.1. The van der Waals surface area contributed by atoms with Gasteiger partial charge in [-0.2, -0.15) is 0 Å². The van der Waals surface area contributed by atoms with Gasteiger partial charge in [0.25, 0.3) is 0 Å². The number of phenols is 1. The second-order valence-electron chi connectivity index (χ2n) is 11.8. The van der Waals surface area contributed by atoms with Gasteiger partial charge in [-0.25, -0.2) is 13.2 Å². The zero-order chi connectivity index (χ0) is 26.4. The summed E-state index contributed by atoms with van der Waals surface area (Å²) in [5.41, 5.74) is 0.745. The largest absolute Gasteiger partial charge is 0.508 e. The Labute approximate surface area is 218 Å². The number of nitrogens with zero attached hydrogens (tertiary/aromatic N) is 3. The Bertz CT molecular complexity index is 1130. The summed E-state index contributed by atoms with van der Waals surface area (Å²) in [5.74, 6) is -1.10. The molecule has 5 rings (SSSR count). The van der Waals surface area contributed by atoms with Gasteiger partial charge in [0.05, 0.1) is 6.04 Å². The number of phenolic OH excluding ortho intramolecular Hbond substituents is 1. The van der Waals surface area contributed by atoms with Crippen LogP contribution in [0.5, 0.6) is 5.75 Å². The van der Waals surface area contributed by atoms with Crippen LogP contribution in [-0.2, 0) is 6.42 Å². The van der Waals surface area contributed by atoms with E-state index in [1.807, 2.05) is 11.0 Å². The normalized spacial score (nSPS) is 22.4. The van der Waals surface area contributed by atoms with E-state index >= 15 is 8.78 Å². The predicted molar refractivity (Wildman–Crippen MR) is 142 cm³/mol. The van der Waals surface area contributed by atoms with Crippen LogP contribution in [0.4, 0.5) is 18.9 Å². The van der Waals surface area contributed by atoms with E-state index in [1.54, 1.807) is 12.1 Å². The zero-order valence-electron chi connectivity index (χ0n) is 21.9. The van der Waals surface area contributed by atoms with Gasteiger partial charge in [-0.1, -0.05) is 12.1 Å². The van der Waals surface area contributed by atoms with Gasteiger partial charge in [0.2, 0.25) is 0 Å².